The van der Waals surface area contributed by atoms with Crippen LogP contribution in [0.1, 0.15) is 42.1 Å². The molecule has 1 fully saturated rings. The minimum Gasteiger partial charge on any atom is -0.463 e. The average Bonchev–Trinajstić information content (AvgIpc) is 2.97. The van der Waals surface area contributed by atoms with Crippen LogP contribution in [0.3, 0.4) is 0 Å². The van der Waals surface area contributed by atoms with E-state index in [9.17, 15) is 9.90 Å². The highest BCUT2D eigenvalue weighted by molar-refractivity contribution is 5.86. The average molecular weight is 283 g/mol. The Hall–Kier alpha value is -1.37. The molecule has 6 nitrogen and oxygen atoms in total. The SMILES string of the molecule is COC(=O)c1ccc(C(C)NC2(CO)CCOCC2)o1. The van der Waals surface area contributed by atoms with Gasteiger partial charge in [-0.3, -0.25) is 5.32 Å². The van der Waals surface area contributed by atoms with E-state index in [0.29, 0.717) is 19.0 Å². The first kappa shape index (κ1) is 15.0. The largest absolute Gasteiger partial charge is 0.463 e. The fourth-order valence-electron chi connectivity index (χ4n) is 2.44. The number of ether oxygens (including phenoxy) is 2. The predicted octanol–water partition coefficient (Wildman–Crippen LogP) is 1.26. The lowest BCUT2D eigenvalue weighted by molar-refractivity contribution is 0.00619. The maximum Gasteiger partial charge on any atom is 0.373 e. The molecule has 20 heavy (non-hydrogen) atoms. The van der Waals surface area contributed by atoms with Crippen LogP contribution in [0, 0.1) is 0 Å². The number of aliphatic hydroxyl groups is 1. The minimum atomic E-state index is -0.494. The lowest BCUT2D eigenvalue weighted by Gasteiger charge is -2.38. The topological polar surface area (TPSA) is 80.9 Å². The third kappa shape index (κ3) is 3.20. The van der Waals surface area contributed by atoms with Gasteiger partial charge in [-0.05, 0) is 31.9 Å². The molecule has 1 aromatic rings. The first-order chi connectivity index (χ1) is 9.60. The van der Waals surface area contributed by atoms with Gasteiger partial charge in [0.05, 0.1) is 19.8 Å². The summed E-state index contributed by atoms with van der Waals surface area (Å²) in [7, 11) is 1.31. The summed E-state index contributed by atoms with van der Waals surface area (Å²) in [5.41, 5.74) is -0.351. The number of carbonyl (C=O) groups is 1. The summed E-state index contributed by atoms with van der Waals surface area (Å²) < 4.78 is 15.4. The second-order valence-electron chi connectivity index (χ2n) is 5.11. The molecule has 0 aliphatic carbocycles. The number of rotatable bonds is 5. The molecule has 1 aliphatic heterocycles. The van der Waals surface area contributed by atoms with Crippen molar-refractivity contribution in [1.29, 1.82) is 0 Å². The second kappa shape index (κ2) is 6.39. The molecule has 112 valence electrons. The fourth-order valence-corrected chi connectivity index (χ4v) is 2.44. The van der Waals surface area contributed by atoms with E-state index in [1.54, 1.807) is 12.1 Å². The van der Waals surface area contributed by atoms with Crippen molar-refractivity contribution in [3.63, 3.8) is 0 Å². The summed E-state index contributed by atoms with van der Waals surface area (Å²) in [5.74, 6) is 0.331. The lowest BCUT2D eigenvalue weighted by Crippen LogP contribution is -2.53. The highest BCUT2D eigenvalue weighted by atomic mass is 16.5. The van der Waals surface area contributed by atoms with E-state index < -0.39 is 5.97 Å². The number of aliphatic hydroxyl groups excluding tert-OH is 1. The van der Waals surface area contributed by atoms with E-state index in [1.165, 1.54) is 7.11 Å². The highest BCUT2D eigenvalue weighted by Crippen LogP contribution is 2.26. The number of nitrogens with one attached hydrogen (secondary N) is 1. The van der Waals surface area contributed by atoms with E-state index in [4.69, 9.17) is 9.15 Å². The van der Waals surface area contributed by atoms with Crippen LogP contribution in [-0.2, 0) is 9.47 Å². The van der Waals surface area contributed by atoms with Crippen molar-refractivity contribution in [3.05, 3.63) is 23.7 Å². The number of hydrogen-bond acceptors (Lipinski definition) is 6. The van der Waals surface area contributed by atoms with Gasteiger partial charge in [0.15, 0.2) is 0 Å². The van der Waals surface area contributed by atoms with Crippen molar-refractivity contribution < 1.29 is 23.8 Å². The van der Waals surface area contributed by atoms with Crippen molar-refractivity contribution in [2.24, 2.45) is 0 Å². The number of furan rings is 1. The number of hydrogen-bond donors (Lipinski definition) is 2. The van der Waals surface area contributed by atoms with Crippen molar-refractivity contribution in [3.8, 4) is 0 Å². The van der Waals surface area contributed by atoms with Gasteiger partial charge in [-0.2, -0.15) is 0 Å². The Bertz CT molecular complexity index is 450. The number of esters is 1. The number of carbonyl (C=O) groups excluding carboxylic acids is 1. The molecule has 2 N–H and O–H groups in total. The van der Waals surface area contributed by atoms with Crippen LogP contribution in [0.25, 0.3) is 0 Å². The van der Waals surface area contributed by atoms with Crippen molar-refractivity contribution in [2.45, 2.75) is 31.3 Å². The molecule has 0 aromatic carbocycles. The van der Waals surface area contributed by atoms with Crippen LogP contribution in [0.15, 0.2) is 16.5 Å². The van der Waals surface area contributed by atoms with Crippen LogP contribution >= 0.6 is 0 Å². The third-order valence-electron chi connectivity index (χ3n) is 3.72. The zero-order valence-electron chi connectivity index (χ0n) is 11.8. The normalized spacial score (nSPS) is 19.6. The smallest absolute Gasteiger partial charge is 0.373 e. The van der Waals surface area contributed by atoms with Crippen molar-refractivity contribution in [2.75, 3.05) is 26.9 Å². The van der Waals surface area contributed by atoms with Gasteiger partial charge in [0.2, 0.25) is 5.76 Å². The van der Waals surface area contributed by atoms with E-state index in [0.717, 1.165) is 12.8 Å². The van der Waals surface area contributed by atoms with Crippen LogP contribution < -0.4 is 5.32 Å². The Morgan fingerprint density at radius 3 is 2.80 bits per heavy atom. The van der Waals surface area contributed by atoms with Gasteiger partial charge in [0.25, 0.3) is 0 Å². The van der Waals surface area contributed by atoms with Gasteiger partial charge in [-0.25, -0.2) is 4.79 Å². The Morgan fingerprint density at radius 1 is 1.50 bits per heavy atom. The summed E-state index contributed by atoms with van der Waals surface area (Å²) >= 11 is 0. The molecule has 1 unspecified atom stereocenters. The first-order valence-electron chi connectivity index (χ1n) is 6.74. The monoisotopic (exact) mass is 283 g/mol. The van der Waals surface area contributed by atoms with Gasteiger partial charge in [0, 0.05) is 18.8 Å². The highest BCUT2D eigenvalue weighted by Gasteiger charge is 2.34. The summed E-state index contributed by atoms with van der Waals surface area (Å²) in [6.45, 7) is 3.25. The quantitative estimate of drug-likeness (QED) is 0.792. The molecule has 1 aromatic heterocycles. The third-order valence-corrected chi connectivity index (χ3v) is 3.72. The van der Waals surface area contributed by atoms with Crippen molar-refractivity contribution in [1.82, 2.24) is 5.32 Å². The van der Waals surface area contributed by atoms with E-state index in [2.05, 4.69) is 10.1 Å². The lowest BCUT2D eigenvalue weighted by atomic mass is 9.90. The molecule has 1 atom stereocenters. The number of methoxy groups -OCH3 is 1. The molecular weight excluding hydrogens is 262 g/mol. The Morgan fingerprint density at radius 2 is 2.20 bits per heavy atom. The summed E-state index contributed by atoms with van der Waals surface area (Å²) in [4.78, 5) is 11.4. The van der Waals surface area contributed by atoms with Gasteiger partial charge < -0.3 is 19.0 Å². The molecule has 2 rings (SSSR count). The van der Waals surface area contributed by atoms with Crippen LogP contribution in [0.2, 0.25) is 0 Å². The minimum absolute atomic E-state index is 0.0469. The zero-order valence-corrected chi connectivity index (χ0v) is 11.8. The Balaban J connectivity index is 2.05. The summed E-state index contributed by atoms with van der Waals surface area (Å²) in [6.07, 6.45) is 1.50. The molecule has 0 spiro atoms. The van der Waals surface area contributed by atoms with Crippen molar-refractivity contribution >= 4 is 5.97 Å². The van der Waals surface area contributed by atoms with E-state index >= 15 is 0 Å². The van der Waals surface area contributed by atoms with Crippen LogP contribution in [0.5, 0.6) is 0 Å². The fraction of sp³-hybridized carbons (Fsp3) is 0.643. The van der Waals surface area contributed by atoms with Gasteiger partial charge >= 0.3 is 5.97 Å². The maximum absolute atomic E-state index is 11.4. The molecule has 1 aliphatic rings. The Kier molecular flexibility index (Phi) is 4.80. The zero-order chi connectivity index (χ0) is 14.6. The molecule has 6 heteroatoms. The van der Waals surface area contributed by atoms with Crippen LogP contribution in [0.4, 0.5) is 0 Å². The molecule has 1 saturated heterocycles. The maximum atomic E-state index is 11.4. The predicted molar refractivity (Wildman–Crippen MR) is 71.5 cm³/mol. The van der Waals surface area contributed by atoms with E-state index in [-0.39, 0.29) is 23.9 Å². The summed E-state index contributed by atoms with van der Waals surface area (Å²) in [5, 5.41) is 13.0. The second-order valence-corrected chi connectivity index (χ2v) is 5.11. The molecule has 0 saturated carbocycles. The van der Waals surface area contributed by atoms with Gasteiger partial charge in [0.1, 0.15) is 5.76 Å². The molecule has 0 bridgehead atoms. The van der Waals surface area contributed by atoms with E-state index in [1.807, 2.05) is 6.92 Å². The molecular formula is C14H21NO5. The molecule has 0 amide bonds. The van der Waals surface area contributed by atoms with Gasteiger partial charge in [-0.1, -0.05) is 0 Å². The first-order valence-corrected chi connectivity index (χ1v) is 6.74. The summed E-state index contributed by atoms with van der Waals surface area (Å²) in [6, 6.07) is 3.22. The Labute approximate surface area is 118 Å². The standard InChI is InChI=1S/C14H21NO5/c1-10(11-3-4-12(20-11)13(17)18-2)15-14(9-16)5-7-19-8-6-14/h3-4,10,15-16H,5-9H2,1-2H3. The molecule has 2 heterocycles. The van der Waals surface area contributed by atoms with Gasteiger partial charge in [-0.15, -0.1) is 0 Å². The van der Waals surface area contributed by atoms with Crippen LogP contribution in [-0.4, -0.2) is 43.5 Å². The molecule has 0 radical (unpaired) electrons.